The van der Waals surface area contributed by atoms with E-state index in [0.29, 0.717) is 24.1 Å². The Morgan fingerprint density at radius 2 is 2.17 bits per heavy atom. The summed E-state index contributed by atoms with van der Waals surface area (Å²) < 4.78 is 16.7. The van der Waals surface area contributed by atoms with Crippen LogP contribution in [0.15, 0.2) is 12.1 Å². The van der Waals surface area contributed by atoms with Gasteiger partial charge in [-0.3, -0.25) is 0 Å². The van der Waals surface area contributed by atoms with E-state index in [9.17, 15) is 0 Å². The third-order valence-corrected chi connectivity index (χ3v) is 2.44. The van der Waals surface area contributed by atoms with Gasteiger partial charge < -0.3 is 19.9 Å². The summed E-state index contributed by atoms with van der Waals surface area (Å²) >= 11 is 0. The molecule has 5 nitrogen and oxygen atoms in total. The van der Waals surface area contributed by atoms with Gasteiger partial charge in [0, 0.05) is 12.5 Å². The number of nitrogens with zero attached hydrogens (tertiary/aromatic N) is 1. The highest BCUT2D eigenvalue weighted by Crippen LogP contribution is 2.26. The Labute approximate surface area is 107 Å². The van der Waals surface area contributed by atoms with Crippen LogP contribution >= 0.6 is 0 Å². The van der Waals surface area contributed by atoms with E-state index >= 15 is 0 Å². The number of ether oxygens (including phenoxy) is 3. The van der Waals surface area contributed by atoms with Crippen LogP contribution in [0.4, 0.5) is 5.69 Å². The molecule has 1 unspecified atom stereocenters. The quantitative estimate of drug-likeness (QED) is 0.891. The van der Waals surface area contributed by atoms with Crippen LogP contribution < -0.4 is 15.2 Å². The van der Waals surface area contributed by atoms with Crippen molar-refractivity contribution in [1.82, 2.24) is 4.98 Å². The molecule has 0 radical (unpaired) electrons. The zero-order valence-corrected chi connectivity index (χ0v) is 11.1. The molecule has 1 aliphatic rings. The summed E-state index contributed by atoms with van der Waals surface area (Å²) in [5.41, 5.74) is 6.01. The molecule has 2 rings (SSSR count). The first-order valence-corrected chi connectivity index (χ1v) is 6.14. The van der Waals surface area contributed by atoms with Gasteiger partial charge in [0.05, 0.1) is 18.9 Å². The molecule has 1 atom stereocenters. The van der Waals surface area contributed by atoms with Crippen LogP contribution in [0, 0.1) is 0 Å². The van der Waals surface area contributed by atoms with Crippen molar-refractivity contribution in [2.75, 3.05) is 18.9 Å². The lowest BCUT2D eigenvalue weighted by Crippen LogP contribution is -2.24. The van der Waals surface area contributed by atoms with Crippen LogP contribution in [-0.2, 0) is 4.74 Å². The number of nitrogens with two attached hydrogens (primary N) is 1. The average Bonchev–Trinajstić information content (AvgIpc) is 2.74. The number of nitrogen functional groups attached to an aromatic ring is 1. The van der Waals surface area contributed by atoms with Crippen LogP contribution in [0.1, 0.15) is 27.2 Å². The van der Waals surface area contributed by atoms with E-state index in [1.165, 1.54) is 0 Å². The van der Waals surface area contributed by atoms with Gasteiger partial charge in [-0.15, -0.1) is 0 Å². The Kier molecular flexibility index (Phi) is 3.61. The van der Waals surface area contributed by atoms with Crippen molar-refractivity contribution in [3.63, 3.8) is 0 Å². The molecular formula is C13H20N2O3. The van der Waals surface area contributed by atoms with Crippen molar-refractivity contribution >= 4 is 5.69 Å². The van der Waals surface area contributed by atoms with Crippen LogP contribution in [0.5, 0.6) is 11.8 Å². The highest BCUT2D eigenvalue weighted by Gasteiger charge is 2.20. The maximum atomic E-state index is 5.84. The standard InChI is InChI=1S/C13H20N2O3/c1-13(2,3)18-12-10(14)4-5-11(15-12)17-9-6-7-16-8-9/h4-5,9H,6-8,14H2,1-3H3. The van der Waals surface area contributed by atoms with Crippen LogP contribution in [0.2, 0.25) is 0 Å². The molecular weight excluding hydrogens is 232 g/mol. The van der Waals surface area contributed by atoms with Crippen LogP contribution in [-0.4, -0.2) is 29.9 Å². The van der Waals surface area contributed by atoms with E-state index in [1.54, 1.807) is 12.1 Å². The number of rotatable bonds is 3. The molecule has 2 N–H and O–H groups in total. The van der Waals surface area contributed by atoms with Gasteiger partial charge in [0.1, 0.15) is 11.7 Å². The van der Waals surface area contributed by atoms with Gasteiger partial charge in [0.25, 0.3) is 0 Å². The van der Waals surface area contributed by atoms with Crippen molar-refractivity contribution in [3.05, 3.63) is 12.1 Å². The number of anilines is 1. The average molecular weight is 252 g/mol. The lowest BCUT2D eigenvalue weighted by molar-refractivity contribution is 0.118. The second kappa shape index (κ2) is 5.02. The molecule has 0 aromatic carbocycles. The molecule has 100 valence electrons. The molecule has 1 aliphatic heterocycles. The molecule has 1 fully saturated rings. The first-order valence-electron chi connectivity index (χ1n) is 6.14. The van der Waals surface area contributed by atoms with E-state index in [2.05, 4.69) is 4.98 Å². The summed E-state index contributed by atoms with van der Waals surface area (Å²) in [4.78, 5) is 4.30. The summed E-state index contributed by atoms with van der Waals surface area (Å²) in [6.07, 6.45) is 0.963. The third-order valence-electron chi connectivity index (χ3n) is 2.44. The normalized spacial score (nSPS) is 19.8. The molecule has 0 amide bonds. The van der Waals surface area contributed by atoms with E-state index in [4.69, 9.17) is 19.9 Å². The lowest BCUT2D eigenvalue weighted by atomic mass is 10.2. The van der Waals surface area contributed by atoms with Gasteiger partial charge >= 0.3 is 0 Å². The van der Waals surface area contributed by atoms with Crippen molar-refractivity contribution < 1.29 is 14.2 Å². The largest absolute Gasteiger partial charge is 0.472 e. The van der Waals surface area contributed by atoms with Gasteiger partial charge in [-0.05, 0) is 26.8 Å². The number of hydrogen-bond donors (Lipinski definition) is 1. The molecule has 0 spiro atoms. The number of aromatic nitrogens is 1. The number of pyridine rings is 1. The van der Waals surface area contributed by atoms with E-state index < -0.39 is 0 Å². The van der Waals surface area contributed by atoms with Crippen molar-refractivity contribution in [1.29, 1.82) is 0 Å². The van der Waals surface area contributed by atoms with Gasteiger partial charge in [-0.1, -0.05) is 0 Å². The highest BCUT2D eigenvalue weighted by molar-refractivity contribution is 5.49. The lowest BCUT2D eigenvalue weighted by Gasteiger charge is -2.22. The molecule has 0 aliphatic carbocycles. The smallest absolute Gasteiger partial charge is 0.241 e. The Morgan fingerprint density at radius 1 is 1.39 bits per heavy atom. The summed E-state index contributed by atoms with van der Waals surface area (Å²) in [6, 6.07) is 3.50. The van der Waals surface area contributed by atoms with Crippen molar-refractivity contribution in [2.24, 2.45) is 0 Å². The molecule has 1 aromatic rings. The minimum Gasteiger partial charge on any atom is -0.472 e. The Morgan fingerprint density at radius 3 is 2.78 bits per heavy atom. The Bertz CT molecular complexity index is 409. The fraction of sp³-hybridized carbons (Fsp3) is 0.615. The topological polar surface area (TPSA) is 66.6 Å². The molecule has 5 heteroatoms. The van der Waals surface area contributed by atoms with Gasteiger partial charge in [0.15, 0.2) is 0 Å². The summed E-state index contributed by atoms with van der Waals surface area (Å²) in [5, 5.41) is 0. The van der Waals surface area contributed by atoms with Gasteiger partial charge in [-0.2, -0.15) is 4.98 Å². The first kappa shape index (κ1) is 13.0. The molecule has 2 heterocycles. The fourth-order valence-corrected chi connectivity index (χ4v) is 1.65. The Balaban J connectivity index is 2.10. The second-order valence-corrected chi connectivity index (χ2v) is 5.36. The van der Waals surface area contributed by atoms with Crippen molar-refractivity contribution in [2.45, 2.75) is 38.9 Å². The zero-order valence-electron chi connectivity index (χ0n) is 11.1. The maximum absolute atomic E-state index is 5.84. The third kappa shape index (κ3) is 3.50. The molecule has 1 aromatic heterocycles. The zero-order chi connectivity index (χ0) is 13.2. The van der Waals surface area contributed by atoms with E-state index in [1.807, 2.05) is 20.8 Å². The molecule has 0 bridgehead atoms. The monoisotopic (exact) mass is 252 g/mol. The summed E-state index contributed by atoms with van der Waals surface area (Å²) in [7, 11) is 0. The maximum Gasteiger partial charge on any atom is 0.241 e. The van der Waals surface area contributed by atoms with Crippen LogP contribution in [0.3, 0.4) is 0 Å². The van der Waals surface area contributed by atoms with E-state index in [0.717, 1.165) is 13.0 Å². The van der Waals surface area contributed by atoms with Crippen LogP contribution in [0.25, 0.3) is 0 Å². The highest BCUT2D eigenvalue weighted by atomic mass is 16.6. The first-order chi connectivity index (χ1) is 8.44. The summed E-state index contributed by atoms with van der Waals surface area (Å²) in [6.45, 7) is 7.21. The van der Waals surface area contributed by atoms with Crippen molar-refractivity contribution in [3.8, 4) is 11.8 Å². The predicted molar refractivity (Wildman–Crippen MR) is 68.9 cm³/mol. The van der Waals surface area contributed by atoms with Gasteiger partial charge in [0.2, 0.25) is 11.8 Å². The van der Waals surface area contributed by atoms with E-state index in [-0.39, 0.29) is 11.7 Å². The molecule has 0 saturated carbocycles. The van der Waals surface area contributed by atoms with Gasteiger partial charge in [-0.25, -0.2) is 0 Å². The predicted octanol–water partition coefficient (Wildman–Crippen LogP) is 2.01. The molecule has 18 heavy (non-hydrogen) atoms. The summed E-state index contributed by atoms with van der Waals surface area (Å²) in [5.74, 6) is 0.942. The number of hydrogen-bond acceptors (Lipinski definition) is 5. The Hall–Kier alpha value is -1.49. The SMILES string of the molecule is CC(C)(C)Oc1nc(OC2CCOC2)ccc1N. The minimum absolute atomic E-state index is 0.0728. The fourth-order valence-electron chi connectivity index (χ4n) is 1.65. The molecule has 1 saturated heterocycles. The second-order valence-electron chi connectivity index (χ2n) is 5.36. The minimum atomic E-state index is -0.337.